The van der Waals surface area contributed by atoms with E-state index >= 15 is 0 Å². The largest absolute Gasteiger partial charge is 0.507 e. The van der Waals surface area contributed by atoms with Crippen molar-refractivity contribution in [2.75, 3.05) is 0 Å². The van der Waals surface area contributed by atoms with E-state index in [-0.39, 0.29) is 5.75 Å². The minimum atomic E-state index is -0.977. The number of carbonyl (C=O) groups is 2. The minimum Gasteiger partial charge on any atom is -0.507 e. The molecule has 0 unspecified atom stereocenters. The molecule has 1 aromatic rings. The molecule has 0 aliphatic carbocycles. The second kappa shape index (κ2) is 4.75. The summed E-state index contributed by atoms with van der Waals surface area (Å²) >= 11 is 0. The van der Waals surface area contributed by atoms with Crippen LogP contribution in [0.2, 0.25) is 0 Å². The molecule has 0 saturated carbocycles. The second-order valence-electron chi connectivity index (χ2n) is 2.61. The van der Waals surface area contributed by atoms with Crippen LogP contribution in [-0.2, 0) is 0 Å². The van der Waals surface area contributed by atoms with E-state index in [2.05, 4.69) is 4.99 Å². The van der Waals surface area contributed by atoms with Gasteiger partial charge in [0.1, 0.15) is 5.75 Å². The molecule has 0 atom stereocenters. The number of imide groups is 1. The lowest BCUT2D eigenvalue weighted by Gasteiger charge is -1.96. The Kier molecular flexibility index (Phi) is 3.39. The van der Waals surface area contributed by atoms with E-state index in [0.717, 1.165) is 6.21 Å². The highest BCUT2D eigenvalue weighted by molar-refractivity contribution is 5.99. The molecule has 15 heavy (non-hydrogen) atoms. The number of urea groups is 2. The van der Waals surface area contributed by atoms with Gasteiger partial charge in [-0.3, -0.25) is 5.32 Å². The van der Waals surface area contributed by atoms with E-state index in [0.29, 0.717) is 5.56 Å². The number of phenols is 1. The van der Waals surface area contributed by atoms with Crippen LogP contribution in [0.15, 0.2) is 29.3 Å². The standard InChI is InChI=1S/C9H9N3O3/c10-8(14)12-9(15)11-5-6-3-1-2-4-7(6)13/h1-5,13H,(H3,10,12,14,15)/b11-5+. The molecule has 0 aromatic heterocycles. The van der Waals surface area contributed by atoms with Crippen molar-refractivity contribution in [3.05, 3.63) is 29.8 Å². The third kappa shape index (κ3) is 3.47. The lowest BCUT2D eigenvalue weighted by molar-refractivity contribution is 0.237. The molecule has 0 fully saturated rings. The number of hydrogen-bond donors (Lipinski definition) is 3. The van der Waals surface area contributed by atoms with Crippen LogP contribution in [0.4, 0.5) is 9.59 Å². The first-order chi connectivity index (χ1) is 7.09. The summed E-state index contributed by atoms with van der Waals surface area (Å²) in [6.45, 7) is 0. The number of nitrogens with two attached hydrogens (primary N) is 1. The topological polar surface area (TPSA) is 105 Å². The van der Waals surface area contributed by atoms with Gasteiger partial charge in [-0.15, -0.1) is 0 Å². The number of hydrogen-bond acceptors (Lipinski definition) is 3. The van der Waals surface area contributed by atoms with E-state index < -0.39 is 12.1 Å². The number of phenolic OH excluding ortho intramolecular Hbond substituents is 1. The van der Waals surface area contributed by atoms with Gasteiger partial charge in [0.05, 0.1) is 0 Å². The summed E-state index contributed by atoms with van der Waals surface area (Å²) in [5.74, 6) is -0.00637. The van der Waals surface area contributed by atoms with Crippen LogP contribution < -0.4 is 11.1 Å². The fourth-order valence-electron chi connectivity index (χ4n) is 0.863. The zero-order valence-corrected chi connectivity index (χ0v) is 7.68. The number of carbonyl (C=O) groups excluding carboxylic acids is 2. The molecule has 4 N–H and O–H groups in total. The smallest absolute Gasteiger partial charge is 0.348 e. The van der Waals surface area contributed by atoms with Crippen molar-refractivity contribution in [3.63, 3.8) is 0 Å². The number of rotatable bonds is 1. The van der Waals surface area contributed by atoms with Crippen LogP contribution in [-0.4, -0.2) is 23.4 Å². The van der Waals surface area contributed by atoms with Crippen LogP contribution in [0.1, 0.15) is 5.56 Å². The fourth-order valence-corrected chi connectivity index (χ4v) is 0.863. The highest BCUT2D eigenvalue weighted by Crippen LogP contribution is 2.12. The van der Waals surface area contributed by atoms with Crippen molar-refractivity contribution < 1.29 is 14.7 Å². The zero-order valence-electron chi connectivity index (χ0n) is 7.68. The summed E-state index contributed by atoms with van der Waals surface area (Å²) in [5, 5.41) is 11.0. The number of benzene rings is 1. The normalized spacial score (nSPS) is 10.1. The van der Waals surface area contributed by atoms with Crippen LogP contribution in [0.3, 0.4) is 0 Å². The first kappa shape index (κ1) is 10.7. The SMILES string of the molecule is NC(=O)NC(=O)/N=C/c1ccccc1O. The quantitative estimate of drug-likeness (QED) is 0.587. The molecule has 1 aromatic carbocycles. The zero-order chi connectivity index (χ0) is 11.3. The van der Waals surface area contributed by atoms with Gasteiger partial charge in [0, 0.05) is 11.8 Å². The van der Waals surface area contributed by atoms with Gasteiger partial charge in [-0.25, -0.2) is 14.6 Å². The average molecular weight is 207 g/mol. The molecular weight excluding hydrogens is 198 g/mol. The predicted octanol–water partition coefficient (Wildman–Crippen LogP) is 0.599. The summed E-state index contributed by atoms with van der Waals surface area (Å²) in [4.78, 5) is 24.5. The van der Waals surface area contributed by atoms with Gasteiger partial charge >= 0.3 is 12.1 Å². The minimum absolute atomic E-state index is 0.00637. The van der Waals surface area contributed by atoms with Gasteiger partial charge in [0.25, 0.3) is 0 Å². The number of aliphatic imine (C=N–C) groups is 1. The molecule has 0 aliphatic heterocycles. The molecule has 6 nitrogen and oxygen atoms in total. The van der Waals surface area contributed by atoms with E-state index in [9.17, 15) is 14.7 Å². The first-order valence-corrected chi connectivity index (χ1v) is 4.02. The number of para-hydroxylation sites is 1. The van der Waals surface area contributed by atoms with E-state index in [1.807, 2.05) is 0 Å². The molecular formula is C9H9N3O3. The second-order valence-corrected chi connectivity index (χ2v) is 2.61. The monoisotopic (exact) mass is 207 g/mol. The van der Waals surface area contributed by atoms with Crippen molar-refractivity contribution in [2.45, 2.75) is 0 Å². The van der Waals surface area contributed by atoms with Gasteiger partial charge in [-0.1, -0.05) is 12.1 Å². The number of aromatic hydroxyl groups is 1. The number of nitrogens with one attached hydrogen (secondary N) is 1. The highest BCUT2D eigenvalue weighted by Gasteiger charge is 2.00. The Labute approximate surface area is 85.4 Å². The van der Waals surface area contributed by atoms with Crippen molar-refractivity contribution in [1.29, 1.82) is 0 Å². The van der Waals surface area contributed by atoms with Gasteiger partial charge < -0.3 is 10.8 Å². The molecule has 0 saturated heterocycles. The van der Waals surface area contributed by atoms with Crippen molar-refractivity contribution in [1.82, 2.24) is 5.32 Å². The van der Waals surface area contributed by atoms with E-state index in [1.54, 1.807) is 23.5 Å². The Bertz CT molecular complexity index is 415. The first-order valence-electron chi connectivity index (χ1n) is 4.02. The Morgan fingerprint density at radius 3 is 2.67 bits per heavy atom. The Morgan fingerprint density at radius 2 is 2.07 bits per heavy atom. The van der Waals surface area contributed by atoms with E-state index in [1.165, 1.54) is 6.07 Å². The fraction of sp³-hybridized carbons (Fsp3) is 0. The summed E-state index contributed by atoms with van der Waals surface area (Å²) in [7, 11) is 0. The number of nitrogens with zero attached hydrogens (tertiary/aromatic N) is 1. The maximum atomic E-state index is 10.8. The average Bonchev–Trinajstić information content (AvgIpc) is 2.15. The van der Waals surface area contributed by atoms with Crippen molar-refractivity contribution in [2.24, 2.45) is 10.7 Å². The Hall–Kier alpha value is -2.37. The maximum Gasteiger partial charge on any atom is 0.348 e. The third-order valence-electron chi connectivity index (χ3n) is 1.49. The summed E-state index contributed by atoms with van der Waals surface area (Å²) in [6.07, 6.45) is 1.13. The molecule has 0 heterocycles. The summed E-state index contributed by atoms with van der Waals surface area (Å²) in [6, 6.07) is 4.47. The van der Waals surface area contributed by atoms with Crippen LogP contribution in [0.25, 0.3) is 0 Å². The molecule has 0 aliphatic rings. The Morgan fingerprint density at radius 1 is 1.40 bits per heavy atom. The lowest BCUT2D eigenvalue weighted by atomic mass is 10.2. The number of amides is 4. The lowest BCUT2D eigenvalue weighted by Crippen LogP contribution is -2.32. The van der Waals surface area contributed by atoms with Crippen molar-refractivity contribution >= 4 is 18.3 Å². The molecule has 0 radical (unpaired) electrons. The Balaban J connectivity index is 2.70. The summed E-state index contributed by atoms with van der Waals surface area (Å²) < 4.78 is 0. The predicted molar refractivity (Wildman–Crippen MR) is 53.8 cm³/mol. The van der Waals surface area contributed by atoms with Gasteiger partial charge in [-0.05, 0) is 12.1 Å². The van der Waals surface area contributed by atoms with Gasteiger partial charge in [0.2, 0.25) is 0 Å². The van der Waals surface area contributed by atoms with Crippen LogP contribution >= 0.6 is 0 Å². The molecule has 1 rings (SSSR count). The maximum absolute atomic E-state index is 10.8. The van der Waals surface area contributed by atoms with Crippen LogP contribution in [0, 0.1) is 0 Å². The molecule has 0 bridgehead atoms. The van der Waals surface area contributed by atoms with Gasteiger partial charge in [0.15, 0.2) is 0 Å². The third-order valence-corrected chi connectivity index (χ3v) is 1.49. The summed E-state index contributed by atoms with van der Waals surface area (Å²) in [5.41, 5.74) is 5.07. The van der Waals surface area contributed by atoms with Crippen molar-refractivity contribution in [3.8, 4) is 5.75 Å². The highest BCUT2D eigenvalue weighted by atomic mass is 16.3. The van der Waals surface area contributed by atoms with Gasteiger partial charge in [-0.2, -0.15) is 0 Å². The molecule has 6 heteroatoms. The molecule has 0 spiro atoms. The molecule has 4 amide bonds. The van der Waals surface area contributed by atoms with E-state index in [4.69, 9.17) is 5.73 Å². The number of primary amides is 1. The van der Waals surface area contributed by atoms with Crippen LogP contribution in [0.5, 0.6) is 5.75 Å². The molecule has 78 valence electrons.